The SMILES string of the molecule is Cc1ccc(NC(=O)OC2CC(C)(C)N(C)C(C)(C)C2)cc1. The Balaban J connectivity index is 1.98. The molecule has 0 aliphatic carbocycles. The number of aryl methyl sites for hydroxylation is 1. The quantitative estimate of drug-likeness (QED) is 0.890. The molecular formula is C18H28N2O2. The van der Waals surface area contributed by atoms with Crippen LogP contribution in [0.15, 0.2) is 24.3 Å². The summed E-state index contributed by atoms with van der Waals surface area (Å²) in [7, 11) is 2.14. The largest absolute Gasteiger partial charge is 0.446 e. The van der Waals surface area contributed by atoms with Gasteiger partial charge in [0.05, 0.1) is 0 Å². The number of rotatable bonds is 2. The number of anilines is 1. The number of amides is 1. The van der Waals surface area contributed by atoms with Crippen LogP contribution in [0.1, 0.15) is 46.1 Å². The number of ether oxygens (including phenoxy) is 1. The van der Waals surface area contributed by atoms with Crippen LogP contribution < -0.4 is 5.32 Å². The van der Waals surface area contributed by atoms with Gasteiger partial charge in [-0.25, -0.2) is 4.79 Å². The summed E-state index contributed by atoms with van der Waals surface area (Å²) in [5.41, 5.74) is 1.95. The lowest BCUT2D eigenvalue weighted by atomic mass is 9.79. The van der Waals surface area contributed by atoms with Crippen LogP contribution in [0.4, 0.5) is 10.5 Å². The first kappa shape index (κ1) is 16.8. The van der Waals surface area contributed by atoms with E-state index in [0.29, 0.717) is 0 Å². The van der Waals surface area contributed by atoms with Gasteiger partial charge in [0.2, 0.25) is 0 Å². The molecule has 0 aromatic heterocycles. The van der Waals surface area contributed by atoms with Crippen LogP contribution in [0.5, 0.6) is 0 Å². The Bertz CT molecular complexity index is 517. The van der Waals surface area contributed by atoms with E-state index in [4.69, 9.17) is 4.74 Å². The molecule has 0 atom stereocenters. The predicted octanol–water partition coefficient (Wildman–Crippen LogP) is 4.19. The number of nitrogens with one attached hydrogen (secondary N) is 1. The van der Waals surface area contributed by atoms with Crippen LogP contribution >= 0.6 is 0 Å². The molecule has 0 bridgehead atoms. The molecule has 122 valence electrons. The van der Waals surface area contributed by atoms with Gasteiger partial charge >= 0.3 is 6.09 Å². The average Bonchev–Trinajstić information content (AvgIpc) is 2.38. The van der Waals surface area contributed by atoms with Crippen molar-refractivity contribution in [2.45, 2.75) is 64.6 Å². The van der Waals surface area contributed by atoms with Crippen molar-refractivity contribution in [2.75, 3.05) is 12.4 Å². The maximum atomic E-state index is 12.1. The van der Waals surface area contributed by atoms with Gasteiger partial charge < -0.3 is 4.74 Å². The molecule has 1 N–H and O–H groups in total. The normalized spacial score (nSPS) is 21.4. The molecule has 1 heterocycles. The molecule has 0 saturated carbocycles. The molecule has 1 amide bonds. The first-order chi connectivity index (χ1) is 10.1. The molecule has 4 nitrogen and oxygen atoms in total. The summed E-state index contributed by atoms with van der Waals surface area (Å²) < 4.78 is 5.67. The van der Waals surface area contributed by atoms with E-state index in [1.807, 2.05) is 31.2 Å². The van der Waals surface area contributed by atoms with Crippen molar-refractivity contribution in [3.05, 3.63) is 29.8 Å². The second-order valence-electron chi connectivity index (χ2n) is 7.61. The van der Waals surface area contributed by atoms with Gasteiger partial charge in [-0.3, -0.25) is 10.2 Å². The van der Waals surface area contributed by atoms with Crippen LogP contribution in [0.25, 0.3) is 0 Å². The molecule has 2 rings (SSSR count). The Labute approximate surface area is 133 Å². The maximum Gasteiger partial charge on any atom is 0.411 e. The molecule has 0 spiro atoms. The van der Waals surface area contributed by atoms with E-state index >= 15 is 0 Å². The number of nitrogens with zero attached hydrogens (tertiary/aromatic N) is 1. The highest BCUT2D eigenvalue weighted by Crippen LogP contribution is 2.38. The van der Waals surface area contributed by atoms with Gasteiger partial charge in [-0.05, 0) is 53.8 Å². The third kappa shape index (κ3) is 3.80. The Morgan fingerprint density at radius 2 is 1.64 bits per heavy atom. The highest BCUT2D eigenvalue weighted by molar-refractivity contribution is 5.84. The third-order valence-corrected chi connectivity index (χ3v) is 4.84. The van der Waals surface area contributed by atoms with Crippen LogP contribution in [-0.2, 0) is 4.74 Å². The Kier molecular flexibility index (Phi) is 4.52. The van der Waals surface area contributed by atoms with E-state index in [-0.39, 0.29) is 23.3 Å². The summed E-state index contributed by atoms with van der Waals surface area (Å²) in [6.07, 6.45) is 1.25. The fourth-order valence-corrected chi connectivity index (χ4v) is 3.30. The number of piperidine rings is 1. The second-order valence-corrected chi connectivity index (χ2v) is 7.61. The van der Waals surface area contributed by atoms with Gasteiger partial charge in [-0.15, -0.1) is 0 Å². The fourth-order valence-electron chi connectivity index (χ4n) is 3.30. The van der Waals surface area contributed by atoms with Crippen molar-refractivity contribution in [3.63, 3.8) is 0 Å². The zero-order valence-electron chi connectivity index (χ0n) is 14.6. The first-order valence-corrected chi connectivity index (χ1v) is 7.88. The first-order valence-electron chi connectivity index (χ1n) is 7.88. The number of carbonyl (C=O) groups excluding carboxylic acids is 1. The van der Waals surface area contributed by atoms with E-state index in [0.717, 1.165) is 24.1 Å². The molecule has 22 heavy (non-hydrogen) atoms. The lowest BCUT2D eigenvalue weighted by Crippen LogP contribution is -2.60. The summed E-state index contributed by atoms with van der Waals surface area (Å²) in [6.45, 7) is 10.8. The lowest BCUT2D eigenvalue weighted by molar-refractivity contribution is -0.0659. The van der Waals surface area contributed by atoms with Crippen LogP contribution in [0.2, 0.25) is 0 Å². The van der Waals surface area contributed by atoms with Crippen molar-refractivity contribution in [3.8, 4) is 0 Å². The van der Waals surface area contributed by atoms with Crippen LogP contribution in [-0.4, -0.2) is 35.2 Å². The number of carbonyl (C=O) groups is 1. The van der Waals surface area contributed by atoms with E-state index in [1.54, 1.807) is 0 Å². The molecule has 1 aromatic carbocycles. The minimum absolute atomic E-state index is 0.0105. The van der Waals surface area contributed by atoms with Crippen molar-refractivity contribution < 1.29 is 9.53 Å². The van der Waals surface area contributed by atoms with E-state index in [9.17, 15) is 4.79 Å². The molecule has 0 unspecified atom stereocenters. The van der Waals surface area contributed by atoms with Crippen LogP contribution in [0, 0.1) is 6.92 Å². The van der Waals surface area contributed by atoms with Gasteiger partial charge in [0.1, 0.15) is 6.10 Å². The summed E-state index contributed by atoms with van der Waals surface area (Å²) in [6, 6.07) is 7.72. The topological polar surface area (TPSA) is 41.6 Å². The monoisotopic (exact) mass is 304 g/mol. The zero-order chi connectivity index (χ0) is 16.5. The van der Waals surface area contributed by atoms with Gasteiger partial charge in [0.15, 0.2) is 0 Å². The van der Waals surface area contributed by atoms with Crippen molar-refractivity contribution in [1.82, 2.24) is 4.90 Å². The van der Waals surface area contributed by atoms with Gasteiger partial charge in [-0.1, -0.05) is 17.7 Å². The minimum atomic E-state index is -0.370. The average molecular weight is 304 g/mol. The Hall–Kier alpha value is -1.55. The van der Waals surface area contributed by atoms with E-state index in [1.165, 1.54) is 0 Å². The number of likely N-dealkylation sites (tertiary alicyclic amines) is 1. The maximum absolute atomic E-state index is 12.1. The van der Waals surface area contributed by atoms with E-state index < -0.39 is 0 Å². The Morgan fingerprint density at radius 1 is 1.14 bits per heavy atom. The summed E-state index contributed by atoms with van der Waals surface area (Å²) in [5.74, 6) is 0. The molecule has 1 saturated heterocycles. The molecule has 1 aliphatic heterocycles. The molecule has 1 fully saturated rings. The number of hydrogen-bond donors (Lipinski definition) is 1. The summed E-state index contributed by atoms with van der Waals surface area (Å²) in [5, 5.41) is 2.81. The van der Waals surface area contributed by atoms with Gasteiger partial charge in [0.25, 0.3) is 0 Å². The molecule has 1 aliphatic rings. The molecule has 4 heteroatoms. The lowest BCUT2D eigenvalue weighted by Gasteiger charge is -2.53. The van der Waals surface area contributed by atoms with E-state index in [2.05, 4.69) is 45.0 Å². The second kappa shape index (κ2) is 5.92. The predicted molar refractivity (Wildman–Crippen MR) is 90.2 cm³/mol. The summed E-state index contributed by atoms with van der Waals surface area (Å²) in [4.78, 5) is 14.5. The molecule has 1 aromatic rings. The fraction of sp³-hybridized carbons (Fsp3) is 0.611. The third-order valence-electron chi connectivity index (χ3n) is 4.84. The number of benzene rings is 1. The standard InChI is InChI=1S/C18H28N2O2/c1-13-7-9-14(10-8-13)19-16(21)22-15-11-17(2,3)20(6)18(4,5)12-15/h7-10,15H,11-12H2,1-6H3,(H,19,21). The minimum Gasteiger partial charge on any atom is -0.446 e. The smallest absolute Gasteiger partial charge is 0.411 e. The summed E-state index contributed by atoms with van der Waals surface area (Å²) >= 11 is 0. The van der Waals surface area contributed by atoms with Crippen molar-refractivity contribution >= 4 is 11.8 Å². The molecule has 0 radical (unpaired) electrons. The van der Waals surface area contributed by atoms with Gasteiger partial charge in [-0.2, -0.15) is 0 Å². The molecular weight excluding hydrogens is 276 g/mol. The Morgan fingerprint density at radius 3 is 2.14 bits per heavy atom. The highest BCUT2D eigenvalue weighted by atomic mass is 16.6. The highest BCUT2D eigenvalue weighted by Gasteiger charge is 2.44. The van der Waals surface area contributed by atoms with Gasteiger partial charge in [0, 0.05) is 29.6 Å². The van der Waals surface area contributed by atoms with Crippen LogP contribution in [0.3, 0.4) is 0 Å². The van der Waals surface area contributed by atoms with Crippen molar-refractivity contribution in [1.29, 1.82) is 0 Å². The number of hydrogen-bond acceptors (Lipinski definition) is 3. The van der Waals surface area contributed by atoms with Crippen molar-refractivity contribution in [2.24, 2.45) is 0 Å². The zero-order valence-corrected chi connectivity index (χ0v) is 14.6.